The van der Waals surface area contributed by atoms with Crippen LogP contribution in [0, 0.1) is 11.7 Å². The van der Waals surface area contributed by atoms with E-state index in [1.807, 2.05) is 0 Å². The highest BCUT2D eigenvalue weighted by Crippen LogP contribution is 2.19. The minimum absolute atomic E-state index is 0.139. The maximum atomic E-state index is 12.7. The van der Waals surface area contributed by atoms with Crippen molar-refractivity contribution in [2.45, 2.75) is 13.0 Å². The van der Waals surface area contributed by atoms with Crippen LogP contribution < -0.4 is 5.73 Å². The lowest BCUT2D eigenvalue weighted by molar-refractivity contribution is -0.128. The van der Waals surface area contributed by atoms with Gasteiger partial charge in [-0.2, -0.15) is 0 Å². The Kier molecular flexibility index (Phi) is 3.19. The van der Waals surface area contributed by atoms with Crippen LogP contribution in [0.1, 0.15) is 12.0 Å². The molecule has 16 heavy (non-hydrogen) atoms. The number of amides is 1. The minimum Gasteiger partial charge on any atom is -0.338 e. The van der Waals surface area contributed by atoms with Crippen LogP contribution >= 0.6 is 0 Å². The van der Waals surface area contributed by atoms with Crippen LogP contribution in [-0.4, -0.2) is 23.9 Å². The lowest BCUT2D eigenvalue weighted by Crippen LogP contribution is -2.25. The van der Waals surface area contributed by atoms with Crippen molar-refractivity contribution in [1.82, 2.24) is 4.90 Å². The lowest BCUT2D eigenvalue weighted by Gasteiger charge is -2.16. The van der Waals surface area contributed by atoms with Gasteiger partial charge in [0, 0.05) is 19.5 Å². The van der Waals surface area contributed by atoms with Crippen molar-refractivity contribution in [3.63, 3.8) is 0 Å². The maximum absolute atomic E-state index is 12.7. The van der Waals surface area contributed by atoms with E-state index in [-0.39, 0.29) is 17.6 Å². The predicted octanol–water partition coefficient (Wildman–Crippen LogP) is 1.13. The smallest absolute Gasteiger partial charge is 0.223 e. The second-order valence-corrected chi connectivity index (χ2v) is 4.21. The highest BCUT2D eigenvalue weighted by molar-refractivity contribution is 5.78. The largest absolute Gasteiger partial charge is 0.338 e. The van der Waals surface area contributed by atoms with Gasteiger partial charge in [0.15, 0.2) is 0 Å². The molecule has 0 bridgehead atoms. The molecule has 1 aromatic rings. The van der Waals surface area contributed by atoms with E-state index in [4.69, 9.17) is 5.73 Å². The average Bonchev–Trinajstić information content (AvgIpc) is 2.63. The van der Waals surface area contributed by atoms with Crippen molar-refractivity contribution in [1.29, 1.82) is 0 Å². The zero-order valence-corrected chi connectivity index (χ0v) is 9.03. The van der Waals surface area contributed by atoms with Gasteiger partial charge in [0.1, 0.15) is 5.82 Å². The highest BCUT2D eigenvalue weighted by atomic mass is 19.1. The summed E-state index contributed by atoms with van der Waals surface area (Å²) < 4.78 is 12.7. The molecule has 3 nitrogen and oxygen atoms in total. The summed E-state index contributed by atoms with van der Waals surface area (Å²) in [6.07, 6.45) is 0.539. The van der Waals surface area contributed by atoms with Crippen molar-refractivity contribution in [3.8, 4) is 0 Å². The number of likely N-dealkylation sites (tertiary alicyclic amines) is 1. The topological polar surface area (TPSA) is 46.3 Å². The second kappa shape index (κ2) is 4.61. The average molecular weight is 222 g/mol. The first kappa shape index (κ1) is 11.1. The molecule has 1 aromatic carbocycles. The van der Waals surface area contributed by atoms with Crippen LogP contribution in [-0.2, 0) is 11.3 Å². The van der Waals surface area contributed by atoms with E-state index in [1.54, 1.807) is 17.0 Å². The summed E-state index contributed by atoms with van der Waals surface area (Å²) >= 11 is 0. The summed E-state index contributed by atoms with van der Waals surface area (Å²) in [5.41, 5.74) is 6.49. The normalized spacial score (nSPS) is 20.5. The van der Waals surface area contributed by atoms with Crippen molar-refractivity contribution in [2.24, 2.45) is 11.7 Å². The van der Waals surface area contributed by atoms with Crippen molar-refractivity contribution >= 4 is 5.91 Å². The summed E-state index contributed by atoms with van der Waals surface area (Å²) in [5, 5.41) is 0. The molecule has 1 amide bonds. The summed E-state index contributed by atoms with van der Waals surface area (Å²) in [6.45, 7) is 1.81. The first-order valence-corrected chi connectivity index (χ1v) is 5.41. The summed E-state index contributed by atoms with van der Waals surface area (Å²) in [5.74, 6) is 0.157. The predicted molar refractivity (Wildman–Crippen MR) is 59.0 cm³/mol. The molecular weight excluding hydrogens is 207 g/mol. The zero-order valence-electron chi connectivity index (χ0n) is 9.03. The molecule has 1 aliphatic heterocycles. The quantitative estimate of drug-likeness (QED) is 0.833. The van der Waals surface area contributed by atoms with Gasteiger partial charge in [0.2, 0.25) is 5.91 Å². The molecule has 1 atom stereocenters. The van der Waals surface area contributed by atoms with Gasteiger partial charge in [0.25, 0.3) is 0 Å². The fraction of sp³-hybridized carbons (Fsp3) is 0.417. The highest BCUT2D eigenvalue weighted by Gasteiger charge is 2.28. The molecule has 1 fully saturated rings. The Morgan fingerprint density at radius 2 is 2.06 bits per heavy atom. The number of nitrogens with zero attached hydrogens (tertiary/aromatic N) is 1. The van der Waals surface area contributed by atoms with Gasteiger partial charge < -0.3 is 10.6 Å². The van der Waals surface area contributed by atoms with E-state index >= 15 is 0 Å². The summed E-state index contributed by atoms with van der Waals surface area (Å²) in [4.78, 5) is 13.4. The number of carbonyl (C=O) groups excluding carboxylic acids is 1. The summed E-state index contributed by atoms with van der Waals surface area (Å²) in [6, 6.07) is 6.24. The molecule has 1 heterocycles. The fourth-order valence-corrected chi connectivity index (χ4v) is 1.97. The molecule has 0 saturated carbocycles. The third-order valence-corrected chi connectivity index (χ3v) is 2.91. The van der Waals surface area contributed by atoms with Crippen molar-refractivity contribution in [2.75, 3.05) is 13.1 Å². The zero-order chi connectivity index (χ0) is 11.5. The molecule has 1 aliphatic rings. The van der Waals surface area contributed by atoms with E-state index in [0.29, 0.717) is 26.1 Å². The molecule has 0 radical (unpaired) electrons. The van der Waals surface area contributed by atoms with Gasteiger partial charge in [0.05, 0.1) is 0 Å². The Balaban J connectivity index is 2.00. The Morgan fingerprint density at radius 1 is 1.38 bits per heavy atom. The Bertz CT molecular complexity index is 377. The number of carbonyl (C=O) groups is 1. The van der Waals surface area contributed by atoms with E-state index in [0.717, 1.165) is 5.56 Å². The molecule has 2 N–H and O–H groups in total. The van der Waals surface area contributed by atoms with Crippen LogP contribution in [0.3, 0.4) is 0 Å². The van der Waals surface area contributed by atoms with Gasteiger partial charge in [-0.25, -0.2) is 4.39 Å². The van der Waals surface area contributed by atoms with E-state index in [9.17, 15) is 9.18 Å². The Labute approximate surface area is 94.0 Å². The Hall–Kier alpha value is -1.42. The molecule has 2 rings (SSSR count). The number of benzene rings is 1. The van der Waals surface area contributed by atoms with Gasteiger partial charge >= 0.3 is 0 Å². The molecule has 0 spiro atoms. The van der Waals surface area contributed by atoms with E-state index < -0.39 is 0 Å². The van der Waals surface area contributed by atoms with Crippen molar-refractivity contribution < 1.29 is 9.18 Å². The van der Waals surface area contributed by atoms with E-state index in [2.05, 4.69) is 0 Å². The molecule has 4 heteroatoms. The number of hydrogen-bond acceptors (Lipinski definition) is 2. The van der Waals surface area contributed by atoms with Crippen molar-refractivity contribution in [3.05, 3.63) is 35.6 Å². The molecule has 1 saturated heterocycles. The van der Waals surface area contributed by atoms with Crippen LogP contribution in [0.5, 0.6) is 0 Å². The first-order valence-electron chi connectivity index (χ1n) is 5.41. The molecule has 0 aliphatic carbocycles. The monoisotopic (exact) mass is 222 g/mol. The minimum atomic E-state index is -0.253. The standard InChI is InChI=1S/C12H15FN2O/c13-11-3-1-9(2-4-11)7-15-8-10(6-14)5-12(15)16/h1-4,10H,5-8,14H2. The lowest BCUT2D eigenvalue weighted by atomic mass is 10.1. The molecule has 0 aromatic heterocycles. The number of nitrogens with two attached hydrogens (primary N) is 1. The number of halogens is 1. The summed E-state index contributed by atoms with van der Waals surface area (Å²) in [7, 11) is 0. The van der Waals surface area contributed by atoms with Gasteiger partial charge in [-0.1, -0.05) is 12.1 Å². The third kappa shape index (κ3) is 2.39. The fourth-order valence-electron chi connectivity index (χ4n) is 1.97. The van der Waals surface area contributed by atoms with Gasteiger partial charge in [-0.15, -0.1) is 0 Å². The number of rotatable bonds is 3. The van der Waals surface area contributed by atoms with Gasteiger partial charge in [-0.3, -0.25) is 4.79 Å². The third-order valence-electron chi connectivity index (χ3n) is 2.91. The Morgan fingerprint density at radius 3 is 2.62 bits per heavy atom. The van der Waals surface area contributed by atoms with Crippen LogP contribution in [0.15, 0.2) is 24.3 Å². The maximum Gasteiger partial charge on any atom is 0.223 e. The van der Waals surface area contributed by atoms with Crippen LogP contribution in [0.2, 0.25) is 0 Å². The van der Waals surface area contributed by atoms with Crippen LogP contribution in [0.4, 0.5) is 4.39 Å². The second-order valence-electron chi connectivity index (χ2n) is 4.21. The molecular formula is C12H15FN2O. The molecule has 1 unspecified atom stereocenters. The van der Waals surface area contributed by atoms with E-state index in [1.165, 1.54) is 12.1 Å². The van der Waals surface area contributed by atoms with Crippen LogP contribution in [0.25, 0.3) is 0 Å². The van der Waals surface area contributed by atoms with Gasteiger partial charge in [-0.05, 0) is 30.2 Å². The number of hydrogen-bond donors (Lipinski definition) is 1. The SMILES string of the molecule is NCC1CC(=O)N(Cc2ccc(F)cc2)C1. The molecule has 86 valence electrons. The first-order chi connectivity index (χ1) is 7.69.